The Balaban J connectivity index is 1.88. The average Bonchev–Trinajstić information content (AvgIpc) is 3.27. The SMILES string of the molecule is CCN(c1cc(Cl)cc(C(=O)NCc2c(C)[nH]n(C)c2=O)c1C)[C@H]1COC[C@@H]1OC. The Bertz CT molecular complexity index is 984. The number of aromatic amines is 1. The molecule has 1 aromatic heterocycles. The fourth-order valence-corrected chi connectivity index (χ4v) is 4.24. The van der Waals surface area contributed by atoms with Crippen LogP contribution in [0.4, 0.5) is 5.69 Å². The summed E-state index contributed by atoms with van der Waals surface area (Å²) in [7, 11) is 3.32. The monoisotopic (exact) mass is 436 g/mol. The second-order valence-corrected chi connectivity index (χ2v) is 7.96. The maximum atomic E-state index is 13.0. The predicted octanol–water partition coefficient (Wildman–Crippen LogP) is 2.15. The van der Waals surface area contributed by atoms with Gasteiger partial charge in [-0.2, -0.15) is 0 Å². The fraction of sp³-hybridized carbons (Fsp3) is 0.524. The molecule has 2 heterocycles. The molecule has 1 saturated heterocycles. The van der Waals surface area contributed by atoms with E-state index in [0.717, 1.165) is 16.9 Å². The van der Waals surface area contributed by atoms with Gasteiger partial charge in [-0.1, -0.05) is 11.6 Å². The Labute approximate surface area is 181 Å². The lowest BCUT2D eigenvalue weighted by molar-refractivity contribution is 0.0768. The van der Waals surface area contributed by atoms with Gasteiger partial charge in [0.05, 0.1) is 31.4 Å². The highest BCUT2D eigenvalue weighted by atomic mass is 35.5. The van der Waals surface area contributed by atoms with Gasteiger partial charge in [-0.15, -0.1) is 0 Å². The number of hydrogen-bond acceptors (Lipinski definition) is 5. The van der Waals surface area contributed by atoms with E-state index in [1.54, 1.807) is 27.1 Å². The first-order valence-corrected chi connectivity index (χ1v) is 10.4. The van der Waals surface area contributed by atoms with E-state index in [2.05, 4.69) is 22.2 Å². The van der Waals surface area contributed by atoms with Crippen LogP contribution in [-0.2, 0) is 23.1 Å². The molecule has 1 aliphatic heterocycles. The summed E-state index contributed by atoms with van der Waals surface area (Å²) in [5.41, 5.74) is 3.29. The number of carbonyl (C=O) groups excluding carboxylic acids is 1. The summed E-state index contributed by atoms with van der Waals surface area (Å²) in [5.74, 6) is -0.277. The van der Waals surface area contributed by atoms with E-state index in [9.17, 15) is 9.59 Å². The molecule has 1 amide bonds. The highest BCUT2D eigenvalue weighted by Gasteiger charge is 2.34. The smallest absolute Gasteiger partial charge is 0.271 e. The number of likely N-dealkylation sites (N-methyl/N-ethyl adjacent to an activating group) is 1. The zero-order valence-electron chi connectivity index (χ0n) is 18.0. The molecular formula is C21H29ClN4O4. The van der Waals surface area contributed by atoms with Gasteiger partial charge in [0.2, 0.25) is 0 Å². The first-order valence-electron chi connectivity index (χ1n) is 9.98. The first-order chi connectivity index (χ1) is 14.3. The van der Waals surface area contributed by atoms with Crippen LogP contribution in [0.3, 0.4) is 0 Å². The minimum absolute atomic E-state index is 0.0404. The standard InChI is InChI=1S/C21H29ClN4O4/c1-6-26(18-10-30-11-19(18)29-5)17-8-14(22)7-15(12(17)2)20(27)23-9-16-13(3)24-25(4)21(16)28/h7-8,18-19,24H,6,9-11H2,1-5H3,(H,23,27)/t18-,19-/m0/s1. The van der Waals surface area contributed by atoms with Crippen molar-refractivity contribution in [2.24, 2.45) is 7.05 Å². The maximum Gasteiger partial charge on any atom is 0.271 e. The number of carbonyl (C=O) groups is 1. The van der Waals surface area contributed by atoms with Crippen LogP contribution >= 0.6 is 11.6 Å². The number of hydrogen-bond donors (Lipinski definition) is 2. The van der Waals surface area contributed by atoms with Crippen molar-refractivity contribution in [1.29, 1.82) is 0 Å². The number of halogens is 1. The van der Waals surface area contributed by atoms with Crippen molar-refractivity contribution < 1.29 is 14.3 Å². The molecule has 0 saturated carbocycles. The molecule has 2 atom stereocenters. The number of H-pyrrole nitrogens is 1. The lowest BCUT2D eigenvalue weighted by atomic mass is 10.0. The number of aryl methyl sites for hydroxylation is 2. The zero-order valence-corrected chi connectivity index (χ0v) is 18.8. The largest absolute Gasteiger partial charge is 0.377 e. The Kier molecular flexibility index (Phi) is 6.90. The molecule has 1 aliphatic rings. The molecule has 3 rings (SSSR count). The molecule has 30 heavy (non-hydrogen) atoms. The second-order valence-electron chi connectivity index (χ2n) is 7.52. The van der Waals surface area contributed by atoms with Crippen LogP contribution in [-0.4, -0.2) is 54.7 Å². The van der Waals surface area contributed by atoms with E-state index in [1.165, 1.54) is 4.68 Å². The van der Waals surface area contributed by atoms with Crippen LogP contribution in [0, 0.1) is 13.8 Å². The van der Waals surface area contributed by atoms with Crippen molar-refractivity contribution in [3.8, 4) is 0 Å². The number of amides is 1. The topological polar surface area (TPSA) is 88.6 Å². The van der Waals surface area contributed by atoms with Crippen LogP contribution in [0.5, 0.6) is 0 Å². The Morgan fingerprint density at radius 3 is 2.73 bits per heavy atom. The molecule has 8 nitrogen and oxygen atoms in total. The summed E-state index contributed by atoms with van der Waals surface area (Å²) < 4.78 is 12.6. The predicted molar refractivity (Wildman–Crippen MR) is 117 cm³/mol. The van der Waals surface area contributed by atoms with Gasteiger partial charge < -0.3 is 19.7 Å². The van der Waals surface area contributed by atoms with Crippen LogP contribution in [0.15, 0.2) is 16.9 Å². The van der Waals surface area contributed by atoms with Gasteiger partial charge in [-0.25, -0.2) is 0 Å². The number of anilines is 1. The van der Waals surface area contributed by atoms with Crippen LogP contribution in [0.2, 0.25) is 5.02 Å². The minimum Gasteiger partial charge on any atom is -0.377 e. The third-order valence-corrected chi connectivity index (χ3v) is 5.94. The summed E-state index contributed by atoms with van der Waals surface area (Å²) in [6, 6.07) is 3.57. The number of aromatic nitrogens is 2. The maximum absolute atomic E-state index is 13.0. The van der Waals surface area contributed by atoms with Gasteiger partial charge in [0.15, 0.2) is 0 Å². The van der Waals surface area contributed by atoms with Crippen molar-refractivity contribution in [3.05, 3.63) is 49.9 Å². The quantitative estimate of drug-likeness (QED) is 0.694. The highest BCUT2D eigenvalue weighted by Crippen LogP contribution is 2.31. The molecular weight excluding hydrogens is 408 g/mol. The van der Waals surface area contributed by atoms with Gasteiger partial charge in [-0.3, -0.25) is 19.4 Å². The number of nitrogens with one attached hydrogen (secondary N) is 2. The van der Waals surface area contributed by atoms with E-state index < -0.39 is 0 Å². The van der Waals surface area contributed by atoms with Crippen molar-refractivity contribution in [2.75, 3.05) is 31.8 Å². The Morgan fingerprint density at radius 1 is 1.40 bits per heavy atom. The summed E-state index contributed by atoms with van der Waals surface area (Å²) in [6.07, 6.45) is -0.0478. The number of rotatable bonds is 7. The third-order valence-electron chi connectivity index (χ3n) is 5.72. The number of ether oxygens (including phenoxy) is 2. The van der Waals surface area contributed by atoms with Gasteiger partial charge in [0.1, 0.15) is 6.10 Å². The molecule has 1 aromatic carbocycles. The van der Waals surface area contributed by atoms with E-state index >= 15 is 0 Å². The molecule has 164 valence electrons. The summed E-state index contributed by atoms with van der Waals surface area (Å²) in [4.78, 5) is 27.3. The summed E-state index contributed by atoms with van der Waals surface area (Å²) in [6.45, 7) is 7.71. The van der Waals surface area contributed by atoms with Gasteiger partial charge in [-0.05, 0) is 38.5 Å². The summed E-state index contributed by atoms with van der Waals surface area (Å²) in [5, 5.41) is 6.26. The molecule has 0 unspecified atom stereocenters. The van der Waals surface area contributed by atoms with E-state index in [-0.39, 0.29) is 30.2 Å². The Morgan fingerprint density at radius 2 is 2.13 bits per heavy atom. The van der Waals surface area contributed by atoms with E-state index in [4.69, 9.17) is 21.1 Å². The normalized spacial score (nSPS) is 18.6. The van der Waals surface area contributed by atoms with Gasteiger partial charge >= 0.3 is 0 Å². The van der Waals surface area contributed by atoms with Gasteiger partial charge in [0, 0.05) is 42.7 Å². The molecule has 0 radical (unpaired) electrons. The molecule has 9 heteroatoms. The van der Waals surface area contributed by atoms with Crippen molar-refractivity contribution >= 4 is 23.2 Å². The summed E-state index contributed by atoms with van der Waals surface area (Å²) >= 11 is 6.39. The molecule has 0 spiro atoms. The first kappa shape index (κ1) is 22.4. The van der Waals surface area contributed by atoms with Crippen molar-refractivity contribution in [3.63, 3.8) is 0 Å². The lowest BCUT2D eigenvalue weighted by Crippen LogP contribution is -2.44. The molecule has 2 aromatic rings. The Hall–Kier alpha value is -2.29. The van der Waals surface area contributed by atoms with Crippen molar-refractivity contribution in [2.45, 2.75) is 39.5 Å². The van der Waals surface area contributed by atoms with Crippen molar-refractivity contribution in [1.82, 2.24) is 15.1 Å². The number of methoxy groups -OCH3 is 1. The van der Waals surface area contributed by atoms with Crippen LogP contribution in [0.1, 0.15) is 34.1 Å². The highest BCUT2D eigenvalue weighted by molar-refractivity contribution is 6.31. The second kappa shape index (κ2) is 9.24. The molecule has 1 fully saturated rings. The van der Waals surface area contributed by atoms with Gasteiger partial charge in [0.25, 0.3) is 11.5 Å². The van der Waals surface area contributed by atoms with Crippen LogP contribution < -0.4 is 15.8 Å². The zero-order chi connectivity index (χ0) is 22.0. The molecule has 0 aliphatic carbocycles. The molecule has 0 bridgehead atoms. The van der Waals surface area contributed by atoms with Crippen LogP contribution in [0.25, 0.3) is 0 Å². The number of benzene rings is 1. The fourth-order valence-electron chi connectivity index (χ4n) is 4.03. The average molecular weight is 437 g/mol. The third kappa shape index (κ3) is 4.26. The lowest BCUT2D eigenvalue weighted by Gasteiger charge is -2.34. The minimum atomic E-state index is -0.277. The van der Waals surface area contributed by atoms with E-state index in [1.807, 2.05) is 13.0 Å². The number of nitrogens with zero attached hydrogens (tertiary/aromatic N) is 2. The van der Waals surface area contributed by atoms with E-state index in [0.29, 0.717) is 35.9 Å². The molecule has 2 N–H and O–H groups in total.